The van der Waals surface area contributed by atoms with Crippen LogP contribution in [0.4, 0.5) is 11.4 Å². The van der Waals surface area contributed by atoms with Crippen LogP contribution in [-0.4, -0.2) is 60.7 Å². The number of anilines is 2. The molecule has 0 aliphatic carbocycles. The van der Waals surface area contributed by atoms with Crippen LogP contribution in [0.5, 0.6) is 0 Å². The first-order valence-electron chi connectivity index (χ1n) is 10.2. The molecule has 166 valence electrons. The van der Waals surface area contributed by atoms with E-state index in [9.17, 15) is 14.4 Å². The zero-order valence-electron chi connectivity index (χ0n) is 17.7. The summed E-state index contributed by atoms with van der Waals surface area (Å²) >= 11 is 12.1. The monoisotopic (exact) mass is 472 g/mol. The molecule has 1 saturated heterocycles. The molecule has 2 aromatic rings. The second kappa shape index (κ2) is 8.94. The van der Waals surface area contributed by atoms with Crippen molar-refractivity contribution in [1.82, 2.24) is 9.80 Å². The van der Waals surface area contributed by atoms with E-state index in [1.165, 1.54) is 0 Å². The Kier molecular flexibility index (Phi) is 6.24. The Morgan fingerprint density at radius 1 is 0.938 bits per heavy atom. The number of aryl methyl sites for hydroxylation is 1. The Morgan fingerprint density at radius 3 is 2.25 bits per heavy atom. The summed E-state index contributed by atoms with van der Waals surface area (Å²) in [5.74, 6) is -1.26. The third kappa shape index (κ3) is 4.24. The van der Waals surface area contributed by atoms with E-state index < -0.39 is 11.8 Å². The highest BCUT2D eigenvalue weighted by Gasteiger charge is 2.39. The lowest BCUT2D eigenvalue weighted by atomic mass is 10.1. The van der Waals surface area contributed by atoms with Crippen LogP contribution in [0.25, 0.3) is 0 Å². The predicted octanol–water partition coefficient (Wildman–Crippen LogP) is 3.47. The van der Waals surface area contributed by atoms with Crippen molar-refractivity contribution in [3.8, 4) is 0 Å². The maximum Gasteiger partial charge on any atom is 0.283 e. The highest BCUT2D eigenvalue weighted by atomic mass is 35.5. The minimum Gasteiger partial charge on any atom is -0.349 e. The highest BCUT2D eigenvalue weighted by molar-refractivity contribution is 6.53. The molecule has 2 aliphatic heterocycles. The summed E-state index contributed by atoms with van der Waals surface area (Å²) in [6.45, 7) is 4.81. The standard InChI is InChI=1S/C23H22Cl2N4O3/c1-14-3-4-15(21(30)28-11-9-27(2)10-12-28)13-18(14)26-20-19(25)22(31)29(23(20)32)17-7-5-16(24)6-8-17/h3-8,13,26H,9-12H2,1-2H3. The summed E-state index contributed by atoms with van der Waals surface area (Å²) in [4.78, 5) is 43.6. The lowest BCUT2D eigenvalue weighted by Crippen LogP contribution is -2.47. The van der Waals surface area contributed by atoms with E-state index in [-0.39, 0.29) is 16.6 Å². The van der Waals surface area contributed by atoms with E-state index in [4.69, 9.17) is 23.2 Å². The molecule has 1 fully saturated rings. The van der Waals surface area contributed by atoms with Gasteiger partial charge in [0.1, 0.15) is 10.7 Å². The maximum atomic E-state index is 13.0. The van der Waals surface area contributed by atoms with Gasteiger partial charge < -0.3 is 15.1 Å². The van der Waals surface area contributed by atoms with Crippen molar-refractivity contribution in [2.24, 2.45) is 0 Å². The van der Waals surface area contributed by atoms with Gasteiger partial charge in [0.2, 0.25) is 0 Å². The van der Waals surface area contributed by atoms with Gasteiger partial charge in [0.25, 0.3) is 17.7 Å². The lowest BCUT2D eigenvalue weighted by Gasteiger charge is -2.32. The average Bonchev–Trinajstić information content (AvgIpc) is 2.99. The zero-order chi connectivity index (χ0) is 23.0. The zero-order valence-corrected chi connectivity index (χ0v) is 19.2. The van der Waals surface area contributed by atoms with Crippen molar-refractivity contribution in [2.45, 2.75) is 6.92 Å². The van der Waals surface area contributed by atoms with Crippen LogP contribution in [0, 0.1) is 6.92 Å². The summed E-state index contributed by atoms with van der Waals surface area (Å²) in [7, 11) is 2.03. The second-order valence-corrected chi connectivity index (χ2v) is 8.68. The molecule has 2 aromatic carbocycles. The highest BCUT2D eigenvalue weighted by Crippen LogP contribution is 2.31. The number of piperazine rings is 1. The second-order valence-electron chi connectivity index (χ2n) is 7.86. The van der Waals surface area contributed by atoms with Gasteiger partial charge in [0.05, 0.1) is 5.69 Å². The van der Waals surface area contributed by atoms with E-state index in [2.05, 4.69) is 10.2 Å². The van der Waals surface area contributed by atoms with Crippen molar-refractivity contribution in [3.05, 3.63) is 69.3 Å². The topological polar surface area (TPSA) is 73.0 Å². The molecule has 2 heterocycles. The van der Waals surface area contributed by atoms with Crippen molar-refractivity contribution < 1.29 is 14.4 Å². The maximum absolute atomic E-state index is 13.0. The van der Waals surface area contributed by atoms with Gasteiger partial charge in [-0.05, 0) is 55.9 Å². The predicted molar refractivity (Wildman–Crippen MR) is 125 cm³/mol. The number of rotatable bonds is 4. The largest absolute Gasteiger partial charge is 0.349 e. The number of carbonyl (C=O) groups excluding carboxylic acids is 3. The lowest BCUT2D eigenvalue weighted by molar-refractivity contribution is -0.120. The van der Waals surface area contributed by atoms with Crippen LogP contribution in [0.1, 0.15) is 15.9 Å². The third-order valence-corrected chi connectivity index (χ3v) is 6.25. The van der Waals surface area contributed by atoms with Crippen LogP contribution >= 0.6 is 23.2 Å². The van der Waals surface area contributed by atoms with E-state index in [1.54, 1.807) is 42.5 Å². The molecule has 0 unspecified atom stereocenters. The van der Waals surface area contributed by atoms with E-state index in [0.29, 0.717) is 35.1 Å². The number of imide groups is 1. The van der Waals surface area contributed by atoms with Crippen molar-refractivity contribution in [3.63, 3.8) is 0 Å². The van der Waals surface area contributed by atoms with Crippen molar-refractivity contribution >= 4 is 52.3 Å². The Hall–Kier alpha value is -2.87. The van der Waals surface area contributed by atoms with Crippen LogP contribution in [0.15, 0.2) is 53.2 Å². The first-order chi connectivity index (χ1) is 15.3. The van der Waals surface area contributed by atoms with Gasteiger partial charge in [-0.3, -0.25) is 14.4 Å². The van der Waals surface area contributed by atoms with E-state index in [1.807, 2.05) is 18.9 Å². The molecule has 0 bridgehead atoms. The van der Waals surface area contributed by atoms with Gasteiger partial charge in [-0.15, -0.1) is 0 Å². The number of benzene rings is 2. The molecule has 7 nitrogen and oxygen atoms in total. The van der Waals surface area contributed by atoms with Gasteiger partial charge in [0, 0.05) is 42.5 Å². The average molecular weight is 473 g/mol. The fourth-order valence-corrected chi connectivity index (χ4v) is 3.99. The minimum absolute atomic E-state index is 0.0288. The van der Waals surface area contributed by atoms with Crippen LogP contribution < -0.4 is 10.2 Å². The molecule has 9 heteroatoms. The van der Waals surface area contributed by atoms with Gasteiger partial charge in [0.15, 0.2) is 0 Å². The first-order valence-corrected chi connectivity index (χ1v) is 10.9. The van der Waals surface area contributed by atoms with Crippen LogP contribution in [0.2, 0.25) is 5.02 Å². The number of halogens is 2. The van der Waals surface area contributed by atoms with Crippen molar-refractivity contribution in [2.75, 3.05) is 43.4 Å². The molecule has 32 heavy (non-hydrogen) atoms. The normalized spacial score (nSPS) is 17.4. The molecule has 0 aromatic heterocycles. The summed E-state index contributed by atoms with van der Waals surface area (Å²) < 4.78 is 0. The number of nitrogens with one attached hydrogen (secondary N) is 1. The smallest absolute Gasteiger partial charge is 0.283 e. The molecule has 1 N–H and O–H groups in total. The summed E-state index contributed by atoms with van der Waals surface area (Å²) in [5.41, 5.74) is 2.19. The van der Waals surface area contributed by atoms with Crippen LogP contribution in [0.3, 0.4) is 0 Å². The van der Waals surface area contributed by atoms with E-state index in [0.717, 1.165) is 23.6 Å². The first kappa shape index (κ1) is 22.3. The number of likely N-dealkylation sites (N-methyl/N-ethyl adjacent to an activating group) is 1. The molecular formula is C23H22Cl2N4O3. The van der Waals surface area contributed by atoms with Gasteiger partial charge >= 0.3 is 0 Å². The molecular weight excluding hydrogens is 451 g/mol. The molecule has 0 radical (unpaired) electrons. The van der Waals surface area contributed by atoms with Crippen LogP contribution in [-0.2, 0) is 9.59 Å². The number of hydrogen-bond donors (Lipinski definition) is 1. The quantitative estimate of drug-likeness (QED) is 0.689. The third-order valence-electron chi connectivity index (χ3n) is 5.65. The summed E-state index contributed by atoms with van der Waals surface area (Å²) in [6.07, 6.45) is 0. The minimum atomic E-state index is -0.621. The Balaban J connectivity index is 1.57. The molecule has 0 spiro atoms. The summed E-state index contributed by atoms with van der Waals surface area (Å²) in [6, 6.07) is 11.6. The fourth-order valence-electron chi connectivity index (χ4n) is 3.65. The van der Waals surface area contributed by atoms with Gasteiger partial charge in [-0.1, -0.05) is 29.3 Å². The van der Waals surface area contributed by atoms with Gasteiger partial charge in [-0.25, -0.2) is 4.90 Å². The molecule has 2 aliphatic rings. The van der Waals surface area contributed by atoms with E-state index >= 15 is 0 Å². The van der Waals surface area contributed by atoms with Crippen molar-refractivity contribution in [1.29, 1.82) is 0 Å². The summed E-state index contributed by atoms with van der Waals surface area (Å²) in [5, 5.41) is 3.27. The SMILES string of the molecule is Cc1ccc(C(=O)N2CCN(C)CC2)cc1NC1=C(Cl)C(=O)N(c2ccc(Cl)cc2)C1=O. The van der Waals surface area contributed by atoms with Gasteiger partial charge in [-0.2, -0.15) is 0 Å². The molecule has 0 saturated carbocycles. The fraction of sp³-hybridized carbons (Fsp3) is 0.261. The Bertz CT molecular complexity index is 1120. The molecule has 0 atom stereocenters. The Labute approximate surface area is 196 Å². The Morgan fingerprint density at radius 2 is 1.59 bits per heavy atom. The number of carbonyl (C=O) groups is 3. The number of amides is 3. The molecule has 3 amide bonds. The number of hydrogen-bond acceptors (Lipinski definition) is 5. The number of nitrogens with zero attached hydrogens (tertiary/aromatic N) is 3. The molecule has 4 rings (SSSR count).